The van der Waals surface area contributed by atoms with Crippen LogP contribution in [0.3, 0.4) is 0 Å². The highest BCUT2D eigenvalue weighted by atomic mass is 16.2. The maximum atomic E-state index is 11.6. The minimum atomic E-state index is -0.983. The zero-order valence-electron chi connectivity index (χ0n) is 11.1. The SMILES string of the molecule is Cc1cc(C)c(/C=C(/C#N)C(=O)NC(N)=O)c(C)c1. The molecule has 0 saturated carbocycles. The number of carbonyl (C=O) groups excluding carboxylic acids is 2. The molecular weight excluding hydrogens is 242 g/mol. The maximum Gasteiger partial charge on any atom is 0.319 e. The zero-order valence-corrected chi connectivity index (χ0v) is 11.1. The number of amides is 3. The van der Waals surface area contributed by atoms with Gasteiger partial charge in [-0.2, -0.15) is 5.26 Å². The van der Waals surface area contributed by atoms with E-state index in [4.69, 9.17) is 11.0 Å². The molecule has 3 N–H and O–H groups in total. The molecule has 5 heteroatoms. The summed E-state index contributed by atoms with van der Waals surface area (Å²) in [5.74, 6) is -0.797. The normalized spacial score (nSPS) is 10.7. The Kier molecular flexibility index (Phi) is 4.43. The summed E-state index contributed by atoms with van der Waals surface area (Å²) in [6.45, 7) is 5.76. The smallest absolute Gasteiger partial charge is 0.319 e. The van der Waals surface area contributed by atoms with Crippen LogP contribution in [-0.2, 0) is 4.79 Å². The monoisotopic (exact) mass is 257 g/mol. The van der Waals surface area contributed by atoms with E-state index in [0.717, 1.165) is 22.3 Å². The van der Waals surface area contributed by atoms with Gasteiger partial charge in [-0.15, -0.1) is 0 Å². The van der Waals surface area contributed by atoms with Gasteiger partial charge in [0, 0.05) is 0 Å². The molecule has 3 amide bonds. The number of benzene rings is 1. The van der Waals surface area contributed by atoms with E-state index in [1.54, 1.807) is 6.07 Å². The van der Waals surface area contributed by atoms with E-state index in [1.807, 2.05) is 38.2 Å². The third-order valence-electron chi connectivity index (χ3n) is 2.63. The van der Waals surface area contributed by atoms with Gasteiger partial charge in [0.25, 0.3) is 5.91 Å². The van der Waals surface area contributed by atoms with Gasteiger partial charge in [0.1, 0.15) is 11.6 Å². The van der Waals surface area contributed by atoms with Gasteiger partial charge in [0.15, 0.2) is 0 Å². The summed E-state index contributed by atoms with van der Waals surface area (Å²) in [6.07, 6.45) is 1.46. The average molecular weight is 257 g/mol. The van der Waals surface area contributed by atoms with Crippen LogP contribution in [0.5, 0.6) is 0 Å². The van der Waals surface area contributed by atoms with Crippen molar-refractivity contribution in [2.24, 2.45) is 5.73 Å². The molecule has 0 saturated heterocycles. The van der Waals surface area contributed by atoms with Crippen molar-refractivity contribution in [3.63, 3.8) is 0 Å². The molecule has 19 heavy (non-hydrogen) atoms. The highest BCUT2D eigenvalue weighted by Crippen LogP contribution is 2.19. The molecule has 0 unspecified atom stereocenters. The van der Waals surface area contributed by atoms with Crippen LogP contribution in [0, 0.1) is 32.1 Å². The summed E-state index contributed by atoms with van der Waals surface area (Å²) in [4.78, 5) is 22.2. The predicted molar refractivity (Wildman–Crippen MR) is 72.0 cm³/mol. The molecular formula is C14H15N3O2. The molecule has 0 aliphatic heterocycles. The molecule has 0 fully saturated rings. The quantitative estimate of drug-likeness (QED) is 0.623. The number of urea groups is 1. The fourth-order valence-electron chi connectivity index (χ4n) is 1.89. The van der Waals surface area contributed by atoms with E-state index in [2.05, 4.69) is 0 Å². The van der Waals surface area contributed by atoms with Gasteiger partial charge in [0.05, 0.1) is 0 Å². The van der Waals surface area contributed by atoms with Gasteiger partial charge in [-0.05, 0) is 43.5 Å². The topological polar surface area (TPSA) is 96.0 Å². The number of rotatable bonds is 2. The molecule has 0 aliphatic carbocycles. The second-order valence-corrected chi connectivity index (χ2v) is 4.30. The van der Waals surface area contributed by atoms with Crippen LogP contribution in [0.15, 0.2) is 17.7 Å². The van der Waals surface area contributed by atoms with Crippen LogP contribution in [0.4, 0.5) is 4.79 Å². The van der Waals surface area contributed by atoms with Crippen molar-refractivity contribution in [1.29, 1.82) is 5.26 Å². The van der Waals surface area contributed by atoms with Crippen molar-refractivity contribution in [3.8, 4) is 6.07 Å². The Morgan fingerprint density at radius 1 is 1.26 bits per heavy atom. The molecule has 1 aromatic carbocycles. The molecule has 0 spiro atoms. The number of primary amides is 1. The average Bonchev–Trinajstić information content (AvgIpc) is 2.26. The molecule has 5 nitrogen and oxygen atoms in total. The maximum absolute atomic E-state index is 11.6. The van der Waals surface area contributed by atoms with Gasteiger partial charge < -0.3 is 5.73 Å². The van der Waals surface area contributed by atoms with Gasteiger partial charge in [-0.1, -0.05) is 17.7 Å². The minimum absolute atomic E-state index is 0.158. The Morgan fingerprint density at radius 3 is 2.21 bits per heavy atom. The molecule has 0 aliphatic rings. The predicted octanol–water partition coefficient (Wildman–Crippen LogP) is 1.71. The van der Waals surface area contributed by atoms with E-state index in [-0.39, 0.29) is 5.57 Å². The first kappa shape index (κ1) is 14.5. The Hall–Kier alpha value is -2.61. The minimum Gasteiger partial charge on any atom is -0.351 e. The van der Waals surface area contributed by atoms with Crippen LogP contribution in [-0.4, -0.2) is 11.9 Å². The summed E-state index contributed by atoms with van der Waals surface area (Å²) in [6, 6.07) is 4.70. The summed E-state index contributed by atoms with van der Waals surface area (Å²) in [5, 5.41) is 10.8. The van der Waals surface area contributed by atoms with Crippen molar-refractivity contribution < 1.29 is 9.59 Å². The lowest BCUT2D eigenvalue weighted by atomic mass is 9.98. The molecule has 1 rings (SSSR count). The Bertz CT molecular complexity index is 587. The molecule has 0 radical (unpaired) electrons. The van der Waals surface area contributed by atoms with Crippen LogP contribution in [0.25, 0.3) is 6.08 Å². The van der Waals surface area contributed by atoms with Gasteiger partial charge in [-0.3, -0.25) is 10.1 Å². The van der Waals surface area contributed by atoms with Gasteiger partial charge in [-0.25, -0.2) is 4.79 Å². The van der Waals surface area contributed by atoms with Gasteiger partial charge in [0.2, 0.25) is 0 Å². The molecule has 1 aromatic rings. The largest absolute Gasteiger partial charge is 0.351 e. The van der Waals surface area contributed by atoms with E-state index in [0.29, 0.717) is 0 Å². The number of nitrogens with zero attached hydrogens (tertiary/aromatic N) is 1. The lowest BCUT2D eigenvalue weighted by Gasteiger charge is -2.08. The number of hydrogen-bond donors (Lipinski definition) is 2. The number of hydrogen-bond acceptors (Lipinski definition) is 3. The van der Waals surface area contributed by atoms with Crippen molar-refractivity contribution in [3.05, 3.63) is 40.0 Å². The zero-order chi connectivity index (χ0) is 14.6. The van der Waals surface area contributed by atoms with Crippen molar-refractivity contribution >= 4 is 18.0 Å². The number of imide groups is 1. The molecule has 0 heterocycles. The summed E-state index contributed by atoms with van der Waals surface area (Å²) >= 11 is 0. The highest BCUT2D eigenvalue weighted by molar-refractivity contribution is 6.08. The number of nitriles is 1. The van der Waals surface area contributed by atoms with Gasteiger partial charge >= 0.3 is 6.03 Å². The van der Waals surface area contributed by atoms with E-state index < -0.39 is 11.9 Å². The number of nitrogens with one attached hydrogen (secondary N) is 1. The fraction of sp³-hybridized carbons (Fsp3) is 0.214. The Labute approximate surface area is 111 Å². The number of nitrogens with two attached hydrogens (primary N) is 1. The van der Waals surface area contributed by atoms with Crippen LogP contribution in [0.2, 0.25) is 0 Å². The number of aryl methyl sites for hydroxylation is 3. The van der Waals surface area contributed by atoms with Crippen LogP contribution >= 0.6 is 0 Å². The second kappa shape index (κ2) is 5.83. The first-order chi connectivity index (χ1) is 8.85. The molecule has 0 atom stereocenters. The summed E-state index contributed by atoms with van der Waals surface area (Å²) in [5.41, 5.74) is 8.50. The number of carbonyl (C=O) groups is 2. The van der Waals surface area contributed by atoms with E-state index in [1.165, 1.54) is 6.08 Å². The Morgan fingerprint density at radius 2 is 1.79 bits per heavy atom. The molecule has 98 valence electrons. The standard InChI is InChI=1S/C14H15N3O2/c1-8-4-9(2)12(10(3)5-8)6-11(7-15)13(18)17-14(16)19/h4-6H,1-3H3,(H3,16,17,18,19)/b11-6-. The first-order valence-corrected chi connectivity index (χ1v) is 5.65. The van der Waals surface area contributed by atoms with Crippen molar-refractivity contribution in [1.82, 2.24) is 5.32 Å². The summed E-state index contributed by atoms with van der Waals surface area (Å²) < 4.78 is 0. The third-order valence-corrected chi connectivity index (χ3v) is 2.63. The highest BCUT2D eigenvalue weighted by Gasteiger charge is 2.12. The van der Waals surface area contributed by atoms with Crippen molar-refractivity contribution in [2.45, 2.75) is 20.8 Å². The lowest BCUT2D eigenvalue weighted by molar-refractivity contribution is -0.115. The first-order valence-electron chi connectivity index (χ1n) is 5.65. The van der Waals surface area contributed by atoms with Crippen LogP contribution < -0.4 is 11.1 Å². The Balaban J connectivity index is 3.23. The summed E-state index contributed by atoms with van der Waals surface area (Å²) in [7, 11) is 0. The second-order valence-electron chi connectivity index (χ2n) is 4.30. The van der Waals surface area contributed by atoms with Crippen molar-refractivity contribution in [2.75, 3.05) is 0 Å². The third kappa shape index (κ3) is 3.68. The lowest BCUT2D eigenvalue weighted by Crippen LogP contribution is -2.35. The van der Waals surface area contributed by atoms with E-state index in [9.17, 15) is 9.59 Å². The fourth-order valence-corrected chi connectivity index (χ4v) is 1.89. The van der Waals surface area contributed by atoms with E-state index >= 15 is 0 Å². The van der Waals surface area contributed by atoms with Crippen LogP contribution in [0.1, 0.15) is 22.3 Å². The molecule has 0 aromatic heterocycles. The molecule has 0 bridgehead atoms.